The molecule has 0 saturated heterocycles. The van der Waals surface area contributed by atoms with Gasteiger partial charge in [0.1, 0.15) is 6.10 Å². The van der Waals surface area contributed by atoms with Gasteiger partial charge in [0.05, 0.1) is 5.52 Å². The Morgan fingerprint density at radius 2 is 1.62 bits per heavy atom. The molecule has 0 fully saturated rings. The van der Waals surface area contributed by atoms with Crippen molar-refractivity contribution in [1.29, 1.82) is 0 Å². The van der Waals surface area contributed by atoms with E-state index < -0.39 is 6.10 Å². The number of fused-ring (bicyclic) bond motifs is 1. The Kier molecular flexibility index (Phi) is 4.11. The quantitative estimate of drug-likeness (QED) is 0.638. The second-order valence-electron chi connectivity index (χ2n) is 4.98. The summed E-state index contributed by atoms with van der Waals surface area (Å²) in [6.45, 7) is 1.97. The predicted octanol–water partition coefficient (Wildman–Crippen LogP) is 5.15. The Bertz CT molecular complexity index is 817. The van der Waals surface area contributed by atoms with Gasteiger partial charge in [0, 0.05) is 20.0 Å². The third kappa shape index (κ3) is 3.03. The van der Waals surface area contributed by atoms with Crippen LogP contribution in [0.3, 0.4) is 0 Å². The van der Waals surface area contributed by atoms with Gasteiger partial charge in [0.15, 0.2) is 0 Å². The zero-order chi connectivity index (χ0) is 15.0. The van der Waals surface area contributed by atoms with Gasteiger partial charge in [-0.1, -0.05) is 18.2 Å². The SMILES string of the molecule is Cc1ccc2cc(C(O)c3ccc(Br)c(Br)c3)ccc2n1. The molecule has 2 aromatic carbocycles. The molecule has 0 aliphatic heterocycles. The van der Waals surface area contributed by atoms with Crippen LogP contribution in [-0.4, -0.2) is 10.1 Å². The van der Waals surface area contributed by atoms with Crippen molar-refractivity contribution in [3.8, 4) is 0 Å². The van der Waals surface area contributed by atoms with Gasteiger partial charge in [-0.25, -0.2) is 0 Å². The average Bonchev–Trinajstić information content (AvgIpc) is 2.49. The fourth-order valence-electron chi connectivity index (χ4n) is 2.29. The number of aliphatic hydroxyl groups is 1. The summed E-state index contributed by atoms with van der Waals surface area (Å²) in [4.78, 5) is 4.48. The van der Waals surface area contributed by atoms with Crippen molar-refractivity contribution in [1.82, 2.24) is 4.98 Å². The Morgan fingerprint density at radius 3 is 2.38 bits per heavy atom. The summed E-state index contributed by atoms with van der Waals surface area (Å²) >= 11 is 6.90. The van der Waals surface area contributed by atoms with Gasteiger partial charge in [-0.15, -0.1) is 0 Å². The molecule has 0 spiro atoms. The summed E-state index contributed by atoms with van der Waals surface area (Å²) in [7, 11) is 0. The number of halogens is 2. The number of aliphatic hydroxyl groups excluding tert-OH is 1. The van der Waals surface area contributed by atoms with Crippen molar-refractivity contribution < 1.29 is 5.11 Å². The predicted molar refractivity (Wildman–Crippen MR) is 92.4 cm³/mol. The van der Waals surface area contributed by atoms with E-state index in [0.717, 1.165) is 36.7 Å². The van der Waals surface area contributed by atoms with Gasteiger partial charge >= 0.3 is 0 Å². The summed E-state index contributed by atoms with van der Waals surface area (Å²) < 4.78 is 1.90. The molecule has 0 aliphatic carbocycles. The first-order valence-electron chi connectivity index (χ1n) is 6.55. The first-order valence-corrected chi connectivity index (χ1v) is 8.13. The second-order valence-corrected chi connectivity index (χ2v) is 6.69. The fraction of sp³-hybridized carbons (Fsp3) is 0.118. The van der Waals surface area contributed by atoms with Gasteiger partial charge in [0.25, 0.3) is 0 Å². The number of aromatic nitrogens is 1. The highest BCUT2D eigenvalue weighted by molar-refractivity contribution is 9.13. The van der Waals surface area contributed by atoms with E-state index in [1.807, 2.05) is 55.5 Å². The number of hydrogen-bond acceptors (Lipinski definition) is 2. The van der Waals surface area contributed by atoms with Crippen LogP contribution in [-0.2, 0) is 0 Å². The van der Waals surface area contributed by atoms with Gasteiger partial charge < -0.3 is 5.11 Å². The highest BCUT2D eigenvalue weighted by atomic mass is 79.9. The lowest BCUT2D eigenvalue weighted by atomic mass is 10.00. The van der Waals surface area contributed by atoms with Crippen LogP contribution >= 0.6 is 31.9 Å². The lowest BCUT2D eigenvalue weighted by molar-refractivity contribution is 0.220. The second kappa shape index (κ2) is 5.87. The van der Waals surface area contributed by atoms with Gasteiger partial charge in [-0.05, 0) is 80.2 Å². The fourth-order valence-corrected chi connectivity index (χ4v) is 2.93. The molecule has 106 valence electrons. The van der Waals surface area contributed by atoms with Crippen LogP contribution in [0.15, 0.2) is 57.5 Å². The lowest BCUT2D eigenvalue weighted by Gasteiger charge is -2.13. The third-order valence-electron chi connectivity index (χ3n) is 3.43. The van der Waals surface area contributed by atoms with E-state index in [9.17, 15) is 5.11 Å². The molecular formula is C17H13Br2NO. The molecule has 4 heteroatoms. The maximum Gasteiger partial charge on any atom is 0.104 e. The van der Waals surface area contributed by atoms with Crippen LogP contribution in [0.5, 0.6) is 0 Å². The molecule has 3 rings (SSSR count). The maximum absolute atomic E-state index is 10.6. The molecule has 0 amide bonds. The minimum absolute atomic E-state index is 0.653. The molecule has 0 radical (unpaired) electrons. The van der Waals surface area contributed by atoms with Gasteiger partial charge in [-0.3, -0.25) is 4.98 Å². The highest BCUT2D eigenvalue weighted by Gasteiger charge is 2.12. The van der Waals surface area contributed by atoms with Crippen molar-refractivity contribution in [2.45, 2.75) is 13.0 Å². The van der Waals surface area contributed by atoms with E-state index >= 15 is 0 Å². The minimum Gasteiger partial charge on any atom is -0.384 e. The number of benzene rings is 2. The monoisotopic (exact) mass is 405 g/mol. The van der Waals surface area contributed by atoms with Crippen LogP contribution in [0.4, 0.5) is 0 Å². The Balaban J connectivity index is 2.02. The zero-order valence-electron chi connectivity index (χ0n) is 11.3. The molecule has 0 aliphatic rings. The molecular weight excluding hydrogens is 394 g/mol. The molecule has 1 heterocycles. The van der Waals surface area contributed by atoms with Crippen molar-refractivity contribution in [2.24, 2.45) is 0 Å². The third-order valence-corrected chi connectivity index (χ3v) is 5.31. The zero-order valence-corrected chi connectivity index (χ0v) is 14.5. The molecule has 0 bridgehead atoms. The number of rotatable bonds is 2. The van der Waals surface area contributed by atoms with E-state index in [2.05, 4.69) is 36.8 Å². The summed E-state index contributed by atoms with van der Waals surface area (Å²) in [6.07, 6.45) is -0.653. The van der Waals surface area contributed by atoms with E-state index in [0.29, 0.717) is 0 Å². The summed E-state index contributed by atoms with van der Waals surface area (Å²) in [5, 5.41) is 11.6. The minimum atomic E-state index is -0.653. The molecule has 1 N–H and O–H groups in total. The van der Waals surface area contributed by atoms with E-state index in [1.165, 1.54) is 0 Å². The van der Waals surface area contributed by atoms with Crippen molar-refractivity contribution in [3.05, 3.63) is 74.3 Å². The largest absolute Gasteiger partial charge is 0.384 e. The van der Waals surface area contributed by atoms with Crippen LogP contribution in [0.1, 0.15) is 22.9 Å². The Morgan fingerprint density at radius 1 is 0.905 bits per heavy atom. The van der Waals surface area contributed by atoms with Crippen LogP contribution < -0.4 is 0 Å². The van der Waals surface area contributed by atoms with Crippen molar-refractivity contribution >= 4 is 42.8 Å². The first kappa shape index (κ1) is 14.7. The molecule has 1 aromatic heterocycles. The van der Waals surface area contributed by atoms with E-state index in [1.54, 1.807) is 0 Å². The first-order chi connectivity index (χ1) is 10.0. The number of nitrogens with zero attached hydrogens (tertiary/aromatic N) is 1. The van der Waals surface area contributed by atoms with Crippen molar-refractivity contribution in [3.63, 3.8) is 0 Å². The van der Waals surface area contributed by atoms with Gasteiger partial charge in [0.2, 0.25) is 0 Å². The lowest BCUT2D eigenvalue weighted by Crippen LogP contribution is -2.00. The molecule has 3 aromatic rings. The van der Waals surface area contributed by atoms with Crippen molar-refractivity contribution in [2.75, 3.05) is 0 Å². The number of pyridine rings is 1. The smallest absolute Gasteiger partial charge is 0.104 e. The molecule has 21 heavy (non-hydrogen) atoms. The Hall–Kier alpha value is -1.23. The average molecular weight is 407 g/mol. The molecule has 1 atom stereocenters. The number of aryl methyl sites for hydroxylation is 1. The summed E-state index contributed by atoms with van der Waals surface area (Å²) in [6, 6.07) is 15.6. The summed E-state index contributed by atoms with van der Waals surface area (Å²) in [5.41, 5.74) is 3.66. The van der Waals surface area contributed by atoms with Crippen LogP contribution in [0.25, 0.3) is 10.9 Å². The van der Waals surface area contributed by atoms with E-state index in [4.69, 9.17) is 0 Å². The number of hydrogen-bond donors (Lipinski definition) is 1. The summed E-state index contributed by atoms with van der Waals surface area (Å²) in [5.74, 6) is 0. The van der Waals surface area contributed by atoms with E-state index in [-0.39, 0.29) is 0 Å². The molecule has 1 unspecified atom stereocenters. The highest BCUT2D eigenvalue weighted by Crippen LogP contribution is 2.30. The Labute approximate surface area is 140 Å². The topological polar surface area (TPSA) is 33.1 Å². The maximum atomic E-state index is 10.6. The molecule has 2 nitrogen and oxygen atoms in total. The normalized spacial score (nSPS) is 12.6. The molecule has 0 saturated carbocycles. The van der Waals surface area contributed by atoms with Crippen LogP contribution in [0, 0.1) is 6.92 Å². The standard InChI is InChI=1S/C17H13Br2NO/c1-10-2-3-11-8-12(5-7-16(11)20-10)17(21)13-4-6-14(18)15(19)9-13/h2-9,17,21H,1H3. The van der Waals surface area contributed by atoms with Gasteiger partial charge in [-0.2, -0.15) is 0 Å². The van der Waals surface area contributed by atoms with Crippen LogP contribution in [0.2, 0.25) is 0 Å².